The third kappa shape index (κ3) is 8.02. The van der Waals surface area contributed by atoms with Crippen molar-refractivity contribution in [2.24, 2.45) is 0 Å². The molecule has 184 valence electrons. The Morgan fingerprint density at radius 1 is 1.09 bits per heavy atom. The van der Waals surface area contributed by atoms with E-state index in [4.69, 9.17) is 17.0 Å². The van der Waals surface area contributed by atoms with Crippen molar-refractivity contribution in [3.8, 4) is 5.75 Å². The zero-order valence-electron chi connectivity index (χ0n) is 19.8. The highest BCUT2D eigenvalue weighted by atomic mass is 79.9. The van der Waals surface area contributed by atoms with Crippen LogP contribution in [0, 0.1) is 5.82 Å². The molecule has 0 aliphatic rings. The van der Waals surface area contributed by atoms with E-state index >= 15 is 0 Å². The molecule has 0 aliphatic carbocycles. The van der Waals surface area contributed by atoms with Gasteiger partial charge in [0.15, 0.2) is 5.11 Å². The van der Waals surface area contributed by atoms with Crippen molar-refractivity contribution in [2.75, 3.05) is 37.9 Å². The summed E-state index contributed by atoms with van der Waals surface area (Å²) in [5.74, 6) is -0.693. The summed E-state index contributed by atoms with van der Waals surface area (Å²) < 4.78 is 21.0. The maximum absolute atomic E-state index is 14.1. The predicted molar refractivity (Wildman–Crippen MR) is 147 cm³/mol. The van der Waals surface area contributed by atoms with E-state index in [0.717, 1.165) is 10.0 Å². The first-order valence-electron chi connectivity index (χ1n) is 11.0. The fourth-order valence-electron chi connectivity index (χ4n) is 3.19. The Kier molecular flexibility index (Phi) is 9.59. The number of hydrogen-bond donors (Lipinski definition) is 3. The summed E-state index contributed by atoms with van der Waals surface area (Å²) in [6.07, 6.45) is 0. The molecule has 3 aromatic rings. The SMILES string of the molecule is CC(NC(=S)Nc1ccc(NC(=O)c2ccccc2F)c(OCCN(C)C)c1)c1ccc(Br)cc1. The number of rotatable bonds is 9. The quantitative estimate of drug-likeness (QED) is 0.287. The van der Waals surface area contributed by atoms with Crippen molar-refractivity contribution in [1.82, 2.24) is 10.2 Å². The molecule has 1 atom stereocenters. The molecule has 3 aromatic carbocycles. The lowest BCUT2D eigenvalue weighted by molar-refractivity contribution is 0.102. The smallest absolute Gasteiger partial charge is 0.258 e. The summed E-state index contributed by atoms with van der Waals surface area (Å²) >= 11 is 8.94. The van der Waals surface area contributed by atoms with Crippen LogP contribution in [0.3, 0.4) is 0 Å². The van der Waals surface area contributed by atoms with E-state index in [1.165, 1.54) is 18.2 Å². The number of ether oxygens (including phenoxy) is 1. The summed E-state index contributed by atoms with van der Waals surface area (Å²) in [5, 5.41) is 9.62. The van der Waals surface area contributed by atoms with Crippen molar-refractivity contribution in [3.05, 3.63) is 88.1 Å². The highest BCUT2D eigenvalue weighted by molar-refractivity contribution is 9.10. The Bertz CT molecular complexity index is 1170. The number of benzene rings is 3. The van der Waals surface area contributed by atoms with Gasteiger partial charge in [-0.05, 0) is 75.2 Å². The number of anilines is 2. The van der Waals surface area contributed by atoms with E-state index in [9.17, 15) is 9.18 Å². The number of thiocarbonyl (C=S) groups is 1. The molecule has 3 rings (SSSR count). The van der Waals surface area contributed by atoms with Crippen LogP contribution in [0.25, 0.3) is 0 Å². The molecule has 0 saturated carbocycles. The van der Waals surface area contributed by atoms with Crippen molar-refractivity contribution >= 4 is 50.5 Å². The monoisotopic (exact) mass is 558 g/mol. The summed E-state index contributed by atoms with van der Waals surface area (Å²) in [4.78, 5) is 14.6. The number of carbonyl (C=O) groups is 1. The molecule has 1 amide bonds. The number of nitrogens with zero attached hydrogens (tertiary/aromatic N) is 1. The van der Waals surface area contributed by atoms with E-state index in [0.29, 0.717) is 35.4 Å². The van der Waals surface area contributed by atoms with Crippen molar-refractivity contribution < 1.29 is 13.9 Å². The van der Waals surface area contributed by atoms with Gasteiger partial charge in [0.2, 0.25) is 0 Å². The molecule has 3 N–H and O–H groups in total. The largest absolute Gasteiger partial charge is 0.490 e. The van der Waals surface area contributed by atoms with Gasteiger partial charge in [0.1, 0.15) is 18.2 Å². The Labute approximate surface area is 219 Å². The molecule has 0 bridgehead atoms. The lowest BCUT2D eigenvalue weighted by Crippen LogP contribution is -2.30. The van der Waals surface area contributed by atoms with Gasteiger partial charge in [-0.15, -0.1) is 0 Å². The van der Waals surface area contributed by atoms with Crippen LogP contribution < -0.4 is 20.7 Å². The van der Waals surface area contributed by atoms with Gasteiger partial charge in [0, 0.05) is 22.8 Å². The van der Waals surface area contributed by atoms with Crippen molar-refractivity contribution in [2.45, 2.75) is 13.0 Å². The molecule has 35 heavy (non-hydrogen) atoms. The molecule has 0 saturated heterocycles. The second-order valence-corrected chi connectivity index (χ2v) is 9.49. The van der Waals surface area contributed by atoms with Crippen molar-refractivity contribution in [1.29, 1.82) is 0 Å². The van der Waals surface area contributed by atoms with E-state index in [-0.39, 0.29) is 11.6 Å². The molecule has 0 fully saturated rings. The van der Waals surface area contributed by atoms with Gasteiger partial charge >= 0.3 is 0 Å². The van der Waals surface area contributed by atoms with Gasteiger partial charge in [-0.2, -0.15) is 0 Å². The summed E-state index contributed by atoms with van der Waals surface area (Å²) in [6.45, 7) is 3.11. The summed E-state index contributed by atoms with van der Waals surface area (Å²) in [5.41, 5.74) is 2.18. The van der Waals surface area contributed by atoms with Crippen LogP contribution in [0.5, 0.6) is 5.75 Å². The maximum Gasteiger partial charge on any atom is 0.258 e. The average Bonchev–Trinajstić information content (AvgIpc) is 2.81. The predicted octanol–water partition coefficient (Wildman–Crippen LogP) is 5.83. The van der Waals surface area contributed by atoms with Gasteiger partial charge in [-0.25, -0.2) is 4.39 Å². The Morgan fingerprint density at radius 2 is 1.80 bits per heavy atom. The topological polar surface area (TPSA) is 65.6 Å². The Balaban J connectivity index is 1.73. The number of nitrogens with one attached hydrogen (secondary N) is 3. The second kappa shape index (κ2) is 12.6. The minimum absolute atomic E-state index is 0.00163. The number of halogens is 2. The molecule has 6 nitrogen and oxygen atoms in total. The van der Waals surface area contributed by atoms with Gasteiger partial charge in [-0.3, -0.25) is 4.79 Å². The van der Waals surface area contributed by atoms with E-state index in [2.05, 4.69) is 31.9 Å². The molecule has 0 aromatic heterocycles. The van der Waals surface area contributed by atoms with Gasteiger partial charge in [0.05, 0.1) is 17.3 Å². The lowest BCUT2D eigenvalue weighted by atomic mass is 10.1. The first kappa shape index (κ1) is 26.6. The van der Waals surface area contributed by atoms with Gasteiger partial charge < -0.3 is 25.6 Å². The van der Waals surface area contributed by atoms with E-state index < -0.39 is 11.7 Å². The highest BCUT2D eigenvalue weighted by Crippen LogP contribution is 2.29. The van der Waals surface area contributed by atoms with Gasteiger partial charge in [0.25, 0.3) is 5.91 Å². The van der Waals surface area contributed by atoms with Crippen LogP contribution in [0.4, 0.5) is 15.8 Å². The van der Waals surface area contributed by atoms with Gasteiger partial charge in [-0.1, -0.05) is 40.2 Å². The molecule has 0 heterocycles. The van der Waals surface area contributed by atoms with E-state index in [1.807, 2.05) is 50.2 Å². The fraction of sp³-hybridized carbons (Fsp3) is 0.231. The highest BCUT2D eigenvalue weighted by Gasteiger charge is 2.15. The number of hydrogen-bond acceptors (Lipinski definition) is 4. The molecule has 0 aliphatic heterocycles. The number of carbonyl (C=O) groups excluding carboxylic acids is 1. The molecule has 0 spiro atoms. The Morgan fingerprint density at radius 3 is 2.49 bits per heavy atom. The van der Waals surface area contributed by atoms with E-state index in [1.54, 1.807) is 24.3 Å². The molecule has 1 unspecified atom stereocenters. The minimum atomic E-state index is -0.588. The second-order valence-electron chi connectivity index (χ2n) is 8.17. The summed E-state index contributed by atoms with van der Waals surface area (Å²) in [6, 6.07) is 19.1. The van der Waals surface area contributed by atoms with Crippen LogP contribution in [0.1, 0.15) is 28.9 Å². The molecular formula is C26H28BrFN4O2S. The zero-order chi connectivity index (χ0) is 25.4. The van der Waals surface area contributed by atoms with Crippen molar-refractivity contribution in [3.63, 3.8) is 0 Å². The zero-order valence-corrected chi connectivity index (χ0v) is 22.2. The van der Waals surface area contributed by atoms with Crippen LogP contribution in [0.2, 0.25) is 0 Å². The van der Waals surface area contributed by atoms with Crippen LogP contribution in [-0.4, -0.2) is 43.2 Å². The Hall–Kier alpha value is -3.01. The first-order chi connectivity index (χ1) is 16.7. The molecule has 9 heteroatoms. The van der Waals surface area contributed by atoms with Crippen LogP contribution in [-0.2, 0) is 0 Å². The maximum atomic E-state index is 14.1. The fourth-order valence-corrected chi connectivity index (χ4v) is 3.75. The summed E-state index contributed by atoms with van der Waals surface area (Å²) in [7, 11) is 3.89. The molecular weight excluding hydrogens is 531 g/mol. The third-order valence-electron chi connectivity index (χ3n) is 5.12. The average molecular weight is 560 g/mol. The standard InChI is InChI=1S/C26H28BrFN4O2S/c1-17(18-8-10-19(27)11-9-18)29-26(35)30-20-12-13-23(24(16-20)34-15-14-32(2)3)31-25(33)21-6-4-5-7-22(21)28/h4-13,16-17H,14-15H2,1-3H3,(H,31,33)(H2,29,30,35). The molecule has 0 radical (unpaired) electrons. The number of amides is 1. The first-order valence-corrected chi connectivity index (χ1v) is 12.2. The number of likely N-dealkylation sites (N-methyl/N-ethyl adjacent to an activating group) is 1. The minimum Gasteiger partial charge on any atom is -0.490 e. The van der Waals surface area contributed by atoms with Crippen LogP contribution >= 0.6 is 28.1 Å². The third-order valence-corrected chi connectivity index (χ3v) is 5.87. The normalized spacial score (nSPS) is 11.6. The lowest BCUT2D eigenvalue weighted by Gasteiger charge is -2.19. The van der Waals surface area contributed by atoms with Crippen LogP contribution in [0.15, 0.2) is 71.2 Å².